The zero-order valence-electron chi connectivity index (χ0n) is 11.5. The smallest absolute Gasteiger partial charge is 0.376 e. The van der Waals surface area contributed by atoms with Gasteiger partial charge in [-0.3, -0.25) is 0 Å². The lowest BCUT2D eigenvalue weighted by Gasteiger charge is -2.11. The molecular weight excluding hydrogens is 309 g/mol. The Balaban J connectivity index is 2.73. The second kappa shape index (κ2) is 6.46. The molecule has 0 N–H and O–H groups in total. The Kier molecular flexibility index (Phi) is 5.38. The van der Waals surface area contributed by atoms with Crippen LogP contribution in [-0.2, 0) is 21.3 Å². The highest BCUT2D eigenvalue weighted by Gasteiger charge is 2.48. The van der Waals surface area contributed by atoms with E-state index in [1.807, 2.05) is 6.92 Å². The topological polar surface area (TPSA) is 60.4 Å². The molecule has 0 saturated heterocycles. The first-order chi connectivity index (χ1) is 9.51. The summed E-state index contributed by atoms with van der Waals surface area (Å²) in [6.45, 7) is 3.36. The summed E-state index contributed by atoms with van der Waals surface area (Å²) in [5.74, 6) is -0.262. The number of rotatable bonds is 6. The first-order valence-corrected chi connectivity index (χ1v) is 7.51. The second-order valence-corrected chi connectivity index (χ2v) is 6.38. The van der Waals surface area contributed by atoms with Gasteiger partial charge in [-0.05, 0) is 37.0 Å². The van der Waals surface area contributed by atoms with Crippen LogP contribution in [0.5, 0.6) is 5.75 Å². The first kappa shape index (κ1) is 17.5. The molecule has 0 unspecified atom stereocenters. The molecule has 0 amide bonds. The highest BCUT2D eigenvalue weighted by Crippen LogP contribution is 2.27. The van der Waals surface area contributed by atoms with Crippen molar-refractivity contribution in [2.75, 3.05) is 0 Å². The SMILES string of the molecule is CC(=O)C[C@@H](C)Cc1ccc(OS(=O)(=O)C(F)(F)F)cc1. The van der Waals surface area contributed by atoms with E-state index in [1.54, 1.807) is 0 Å². The molecule has 0 radical (unpaired) electrons. The van der Waals surface area contributed by atoms with Gasteiger partial charge in [-0.15, -0.1) is 0 Å². The lowest BCUT2D eigenvalue weighted by Crippen LogP contribution is -2.28. The standard InChI is InChI=1S/C13H15F3O4S/c1-9(7-10(2)17)8-11-3-5-12(6-4-11)20-21(18,19)13(14,15)16/h3-6,9H,7-8H2,1-2H3/t9-/m1/s1. The van der Waals surface area contributed by atoms with Crippen molar-refractivity contribution in [2.45, 2.75) is 32.2 Å². The summed E-state index contributed by atoms with van der Waals surface area (Å²) in [5, 5.41) is 0. The van der Waals surface area contributed by atoms with Crippen LogP contribution >= 0.6 is 0 Å². The Morgan fingerprint density at radius 2 is 1.76 bits per heavy atom. The first-order valence-electron chi connectivity index (χ1n) is 6.10. The minimum Gasteiger partial charge on any atom is -0.376 e. The number of alkyl halides is 3. The van der Waals surface area contributed by atoms with E-state index >= 15 is 0 Å². The molecule has 0 fully saturated rings. The second-order valence-electron chi connectivity index (χ2n) is 4.84. The number of ketones is 1. The van der Waals surface area contributed by atoms with Gasteiger partial charge in [-0.2, -0.15) is 21.6 Å². The molecule has 0 aliphatic heterocycles. The quantitative estimate of drug-likeness (QED) is 0.596. The summed E-state index contributed by atoms with van der Waals surface area (Å²) >= 11 is 0. The Morgan fingerprint density at radius 3 is 2.19 bits per heavy atom. The van der Waals surface area contributed by atoms with Gasteiger partial charge in [0.25, 0.3) is 0 Å². The molecule has 0 spiro atoms. The molecule has 0 aliphatic carbocycles. The molecule has 1 atom stereocenters. The van der Waals surface area contributed by atoms with Gasteiger partial charge in [0.1, 0.15) is 11.5 Å². The molecule has 0 saturated carbocycles. The third-order valence-corrected chi connectivity index (χ3v) is 3.61. The van der Waals surface area contributed by atoms with Gasteiger partial charge in [-0.25, -0.2) is 0 Å². The lowest BCUT2D eigenvalue weighted by atomic mass is 9.96. The van der Waals surface area contributed by atoms with Gasteiger partial charge in [0.15, 0.2) is 0 Å². The van der Waals surface area contributed by atoms with E-state index in [9.17, 15) is 26.4 Å². The molecule has 0 bridgehead atoms. The number of hydrogen-bond acceptors (Lipinski definition) is 4. The van der Waals surface area contributed by atoms with E-state index < -0.39 is 21.4 Å². The van der Waals surface area contributed by atoms with Gasteiger partial charge in [0.05, 0.1) is 0 Å². The van der Waals surface area contributed by atoms with Crippen LogP contribution in [0.3, 0.4) is 0 Å². The van der Waals surface area contributed by atoms with Crippen molar-refractivity contribution in [1.82, 2.24) is 0 Å². The highest BCUT2D eigenvalue weighted by molar-refractivity contribution is 7.87. The van der Waals surface area contributed by atoms with Crippen molar-refractivity contribution in [3.05, 3.63) is 29.8 Å². The Labute approximate surface area is 121 Å². The van der Waals surface area contributed by atoms with Crippen LogP contribution in [-0.4, -0.2) is 19.7 Å². The van der Waals surface area contributed by atoms with E-state index in [0.29, 0.717) is 12.8 Å². The summed E-state index contributed by atoms with van der Waals surface area (Å²) in [5.41, 5.74) is -4.68. The third kappa shape index (κ3) is 5.37. The lowest BCUT2D eigenvalue weighted by molar-refractivity contribution is -0.117. The predicted octanol–water partition coefficient (Wildman–Crippen LogP) is 3.07. The third-order valence-electron chi connectivity index (χ3n) is 2.63. The van der Waals surface area contributed by atoms with Crippen LogP contribution < -0.4 is 4.18 Å². The minimum absolute atomic E-state index is 0.0544. The Morgan fingerprint density at radius 1 is 1.24 bits per heavy atom. The van der Waals surface area contributed by atoms with Gasteiger partial charge in [0, 0.05) is 6.42 Å². The van der Waals surface area contributed by atoms with Gasteiger partial charge < -0.3 is 8.98 Å². The predicted molar refractivity (Wildman–Crippen MR) is 70.2 cm³/mol. The van der Waals surface area contributed by atoms with Crippen molar-refractivity contribution in [3.63, 3.8) is 0 Å². The summed E-state index contributed by atoms with van der Waals surface area (Å²) in [6.07, 6.45) is 0.965. The van der Waals surface area contributed by atoms with Gasteiger partial charge in [-0.1, -0.05) is 19.1 Å². The fourth-order valence-corrected chi connectivity index (χ4v) is 2.28. The van der Waals surface area contributed by atoms with Crippen molar-refractivity contribution < 1.29 is 30.6 Å². The van der Waals surface area contributed by atoms with Crippen LogP contribution in [0, 0.1) is 5.92 Å². The Bertz CT molecular complexity index is 591. The molecule has 1 aromatic carbocycles. The number of Topliss-reactive ketones (excluding diaryl/α,β-unsaturated/α-hetero) is 1. The van der Waals surface area contributed by atoms with Gasteiger partial charge in [0.2, 0.25) is 0 Å². The maximum atomic E-state index is 12.1. The molecule has 4 nitrogen and oxygen atoms in total. The van der Waals surface area contributed by atoms with E-state index in [2.05, 4.69) is 4.18 Å². The van der Waals surface area contributed by atoms with E-state index in [0.717, 1.165) is 17.7 Å². The van der Waals surface area contributed by atoms with Crippen molar-refractivity contribution in [2.24, 2.45) is 5.92 Å². The van der Waals surface area contributed by atoms with Crippen molar-refractivity contribution in [1.29, 1.82) is 0 Å². The average Bonchev–Trinajstić information content (AvgIpc) is 2.28. The molecule has 21 heavy (non-hydrogen) atoms. The molecule has 0 heterocycles. The number of halogens is 3. The van der Waals surface area contributed by atoms with Crippen LogP contribution in [0.15, 0.2) is 24.3 Å². The zero-order chi connectivity index (χ0) is 16.3. The van der Waals surface area contributed by atoms with E-state index in [4.69, 9.17) is 0 Å². The number of benzene rings is 1. The molecule has 118 valence electrons. The molecular formula is C13H15F3O4S. The summed E-state index contributed by atoms with van der Waals surface area (Å²) < 4.78 is 62.1. The highest BCUT2D eigenvalue weighted by atomic mass is 32.2. The average molecular weight is 324 g/mol. The van der Waals surface area contributed by atoms with Crippen LogP contribution in [0.4, 0.5) is 13.2 Å². The van der Waals surface area contributed by atoms with Crippen molar-refractivity contribution in [3.8, 4) is 5.75 Å². The summed E-state index contributed by atoms with van der Waals surface area (Å²) in [6, 6.07) is 5.24. The molecule has 0 aromatic heterocycles. The monoisotopic (exact) mass is 324 g/mol. The Hall–Kier alpha value is -1.57. The number of carbonyl (C=O) groups is 1. The maximum absolute atomic E-state index is 12.1. The normalized spacial score (nSPS) is 13.8. The fourth-order valence-electron chi connectivity index (χ4n) is 1.82. The van der Waals surface area contributed by atoms with E-state index in [1.165, 1.54) is 19.1 Å². The zero-order valence-corrected chi connectivity index (χ0v) is 12.3. The molecule has 8 heteroatoms. The fraction of sp³-hybridized carbons (Fsp3) is 0.462. The largest absolute Gasteiger partial charge is 0.534 e. The number of carbonyl (C=O) groups excluding carboxylic acids is 1. The minimum atomic E-state index is -5.65. The number of hydrogen-bond donors (Lipinski definition) is 0. The molecule has 1 rings (SSSR count). The van der Waals surface area contributed by atoms with Gasteiger partial charge >= 0.3 is 15.6 Å². The van der Waals surface area contributed by atoms with Crippen LogP contribution in [0.1, 0.15) is 25.8 Å². The van der Waals surface area contributed by atoms with Crippen LogP contribution in [0.2, 0.25) is 0 Å². The summed E-state index contributed by atoms with van der Waals surface area (Å²) in [7, 11) is -5.65. The summed E-state index contributed by atoms with van der Waals surface area (Å²) in [4.78, 5) is 11.0. The van der Waals surface area contributed by atoms with E-state index in [-0.39, 0.29) is 11.7 Å². The van der Waals surface area contributed by atoms with Crippen LogP contribution in [0.25, 0.3) is 0 Å². The molecule has 1 aromatic rings. The maximum Gasteiger partial charge on any atom is 0.534 e. The molecule has 0 aliphatic rings. The van der Waals surface area contributed by atoms with Crippen molar-refractivity contribution >= 4 is 15.9 Å².